The maximum atomic E-state index is 11.7. The van der Waals surface area contributed by atoms with Gasteiger partial charge in [0, 0.05) is 11.3 Å². The summed E-state index contributed by atoms with van der Waals surface area (Å²) in [6, 6.07) is 5.76. The summed E-state index contributed by atoms with van der Waals surface area (Å²) < 4.78 is 10.6. The molecule has 92 valence electrons. The molecule has 0 unspecified atom stereocenters. The summed E-state index contributed by atoms with van der Waals surface area (Å²) >= 11 is 0. The molecule has 0 saturated heterocycles. The summed E-state index contributed by atoms with van der Waals surface area (Å²) in [5.41, 5.74) is 2.45. The molecule has 0 spiro atoms. The highest BCUT2D eigenvalue weighted by atomic mass is 16.6. The fourth-order valence-corrected chi connectivity index (χ4v) is 1.73. The molecule has 0 saturated carbocycles. The van der Waals surface area contributed by atoms with Crippen LogP contribution >= 0.6 is 0 Å². The monoisotopic (exact) mass is 235 g/mol. The predicted octanol–water partition coefficient (Wildman–Crippen LogP) is 3.06. The van der Waals surface area contributed by atoms with Crippen LogP contribution in [0.4, 0.5) is 10.5 Å². The van der Waals surface area contributed by atoms with Crippen molar-refractivity contribution in [3.8, 4) is 0 Å². The van der Waals surface area contributed by atoms with Crippen LogP contribution in [0, 0.1) is 0 Å². The van der Waals surface area contributed by atoms with Gasteiger partial charge in [0.25, 0.3) is 0 Å². The number of hydrogen-bond acceptors (Lipinski definition) is 3. The van der Waals surface area contributed by atoms with E-state index in [-0.39, 0.29) is 0 Å². The first kappa shape index (κ1) is 11.9. The fraction of sp³-hybridized carbons (Fsp3) is 0.462. The van der Waals surface area contributed by atoms with E-state index in [0.717, 1.165) is 16.8 Å². The Hall–Kier alpha value is -1.55. The molecule has 1 aliphatic heterocycles. The topological polar surface area (TPSA) is 47.6 Å². The molecular weight excluding hydrogens is 218 g/mol. The number of benzene rings is 1. The third-order valence-electron chi connectivity index (χ3n) is 2.41. The molecule has 0 radical (unpaired) electrons. The van der Waals surface area contributed by atoms with Crippen LogP contribution in [0.15, 0.2) is 18.2 Å². The van der Waals surface area contributed by atoms with Gasteiger partial charge in [-0.25, -0.2) is 4.79 Å². The number of hydrogen-bond donors (Lipinski definition) is 1. The maximum Gasteiger partial charge on any atom is 0.412 e. The number of rotatable bonds is 1. The molecule has 1 aromatic carbocycles. The average Bonchev–Trinajstić information content (AvgIpc) is 2.63. The lowest BCUT2D eigenvalue weighted by molar-refractivity contribution is 0.0635. The lowest BCUT2D eigenvalue weighted by Crippen LogP contribution is -2.27. The van der Waals surface area contributed by atoms with Crippen molar-refractivity contribution >= 4 is 11.8 Å². The molecule has 0 bridgehead atoms. The van der Waals surface area contributed by atoms with Gasteiger partial charge >= 0.3 is 6.09 Å². The van der Waals surface area contributed by atoms with E-state index in [1.165, 1.54) is 0 Å². The van der Waals surface area contributed by atoms with Crippen molar-refractivity contribution in [3.63, 3.8) is 0 Å². The van der Waals surface area contributed by atoms with E-state index in [9.17, 15) is 4.79 Å². The molecule has 0 aromatic heterocycles. The molecule has 1 amide bonds. The summed E-state index contributed by atoms with van der Waals surface area (Å²) in [5.74, 6) is 0. The quantitative estimate of drug-likeness (QED) is 0.813. The third kappa shape index (κ3) is 2.97. The second-order valence-electron chi connectivity index (χ2n) is 5.06. The predicted molar refractivity (Wildman–Crippen MR) is 64.8 cm³/mol. The summed E-state index contributed by atoms with van der Waals surface area (Å²) in [6.45, 7) is 6.67. The Morgan fingerprint density at radius 3 is 2.82 bits per heavy atom. The van der Waals surface area contributed by atoms with E-state index in [2.05, 4.69) is 5.32 Å². The molecule has 17 heavy (non-hydrogen) atoms. The smallest absolute Gasteiger partial charge is 0.412 e. The van der Waals surface area contributed by atoms with E-state index < -0.39 is 11.7 Å². The van der Waals surface area contributed by atoms with Crippen LogP contribution in [0.3, 0.4) is 0 Å². The first-order chi connectivity index (χ1) is 7.96. The second-order valence-corrected chi connectivity index (χ2v) is 5.06. The van der Waals surface area contributed by atoms with E-state index in [1.54, 1.807) is 0 Å². The SMILES string of the molecule is CC(C)(C)OC(=O)Nc1cccc2c1COC2. The van der Waals surface area contributed by atoms with Crippen LogP contribution < -0.4 is 5.32 Å². The van der Waals surface area contributed by atoms with Crippen molar-refractivity contribution in [2.75, 3.05) is 5.32 Å². The zero-order chi connectivity index (χ0) is 12.5. The minimum absolute atomic E-state index is 0.433. The van der Waals surface area contributed by atoms with Crippen LogP contribution in [-0.4, -0.2) is 11.7 Å². The highest BCUT2D eigenvalue weighted by Crippen LogP contribution is 2.27. The van der Waals surface area contributed by atoms with Crippen molar-refractivity contribution in [1.29, 1.82) is 0 Å². The number of nitrogens with one attached hydrogen (secondary N) is 1. The van der Waals surface area contributed by atoms with Crippen molar-refractivity contribution in [2.45, 2.75) is 39.6 Å². The molecule has 0 aliphatic carbocycles. The van der Waals surface area contributed by atoms with E-state index >= 15 is 0 Å². The zero-order valence-corrected chi connectivity index (χ0v) is 10.4. The lowest BCUT2D eigenvalue weighted by atomic mass is 10.1. The van der Waals surface area contributed by atoms with Crippen molar-refractivity contribution in [2.24, 2.45) is 0 Å². The maximum absolute atomic E-state index is 11.7. The highest BCUT2D eigenvalue weighted by Gasteiger charge is 2.19. The van der Waals surface area contributed by atoms with Gasteiger partial charge in [-0.2, -0.15) is 0 Å². The number of amides is 1. The zero-order valence-electron chi connectivity index (χ0n) is 10.4. The lowest BCUT2D eigenvalue weighted by Gasteiger charge is -2.20. The first-order valence-electron chi connectivity index (χ1n) is 5.64. The molecule has 4 nitrogen and oxygen atoms in total. The third-order valence-corrected chi connectivity index (χ3v) is 2.41. The largest absolute Gasteiger partial charge is 0.444 e. The van der Waals surface area contributed by atoms with Gasteiger partial charge in [-0.15, -0.1) is 0 Å². The Morgan fingerprint density at radius 1 is 1.35 bits per heavy atom. The Labute approximate surface area is 101 Å². The standard InChI is InChI=1S/C13H17NO3/c1-13(2,3)17-12(15)14-11-6-4-5-9-7-16-8-10(9)11/h4-6H,7-8H2,1-3H3,(H,14,15). The normalized spacial score (nSPS) is 14.3. The summed E-state index contributed by atoms with van der Waals surface area (Å²) in [5, 5.41) is 2.76. The van der Waals surface area contributed by atoms with Crippen molar-refractivity contribution in [1.82, 2.24) is 0 Å². The number of carbonyl (C=O) groups excluding carboxylic acids is 1. The van der Waals surface area contributed by atoms with Crippen LogP contribution in [0.5, 0.6) is 0 Å². The van der Waals surface area contributed by atoms with Crippen LogP contribution in [0.1, 0.15) is 31.9 Å². The van der Waals surface area contributed by atoms with E-state index in [0.29, 0.717) is 13.2 Å². The van der Waals surface area contributed by atoms with Gasteiger partial charge in [-0.3, -0.25) is 5.32 Å². The number of anilines is 1. The van der Waals surface area contributed by atoms with Gasteiger partial charge < -0.3 is 9.47 Å². The van der Waals surface area contributed by atoms with Gasteiger partial charge in [0.15, 0.2) is 0 Å². The van der Waals surface area contributed by atoms with Crippen LogP contribution in [0.2, 0.25) is 0 Å². The van der Waals surface area contributed by atoms with Gasteiger partial charge in [-0.1, -0.05) is 12.1 Å². The molecule has 0 atom stereocenters. The van der Waals surface area contributed by atoms with Gasteiger partial charge in [0.1, 0.15) is 5.60 Å². The van der Waals surface area contributed by atoms with Crippen LogP contribution in [0.25, 0.3) is 0 Å². The van der Waals surface area contributed by atoms with Gasteiger partial charge in [-0.05, 0) is 32.4 Å². The van der Waals surface area contributed by atoms with Gasteiger partial charge in [0.2, 0.25) is 0 Å². The Bertz CT molecular complexity index is 435. The Balaban J connectivity index is 2.10. The van der Waals surface area contributed by atoms with E-state index in [1.807, 2.05) is 39.0 Å². The molecule has 0 fully saturated rings. The molecule has 1 aromatic rings. The Kier molecular flexibility index (Phi) is 3.07. The minimum atomic E-state index is -0.488. The minimum Gasteiger partial charge on any atom is -0.444 e. The number of ether oxygens (including phenoxy) is 2. The summed E-state index contributed by atoms with van der Waals surface area (Å²) in [4.78, 5) is 11.7. The molecular formula is C13H17NO3. The molecule has 4 heteroatoms. The second kappa shape index (κ2) is 4.37. The van der Waals surface area contributed by atoms with Crippen LogP contribution in [-0.2, 0) is 22.7 Å². The van der Waals surface area contributed by atoms with E-state index in [4.69, 9.17) is 9.47 Å². The fourth-order valence-electron chi connectivity index (χ4n) is 1.73. The summed E-state index contributed by atoms with van der Waals surface area (Å²) in [6.07, 6.45) is -0.433. The molecule has 1 aliphatic rings. The number of fused-ring (bicyclic) bond motifs is 1. The van der Waals surface area contributed by atoms with Crippen molar-refractivity contribution < 1.29 is 14.3 Å². The highest BCUT2D eigenvalue weighted by molar-refractivity contribution is 5.86. The molecule has 1 N–H and O–H groups in total. The average molecular weight is 235 g/mol. The Morgan fingerprint density at radius 2 is 2.12 bits per heavy atom. The molecule has 1 heterocycles. The molecule has 2 rings (SSSR count). The van der Waals surface area contributed by atoms with Gasteiger partial charge in [0.05, 0.1) is 13.2 Å². The summed E-state index contributed by atoms with van der Waals surface area (Å²) in [7, 11) is 0. The number of carbonyl (C=O) groups is 1. The van der Waals surface area contributed by atoms with Crippen molar-refractivity contribution in [3.05, 3.63) is 29.3 Å². The first-order valence-corrected chi connectivity index (χ1v) is 5.64.